The number of piperidine rings is 1. The molecule has 174 valence electrons. The third-order valence-corrected chi connectivity index (χ3v) is 6.37. The van der Waals surface area contributed by atoms with Crippen molar-refractivity contribution in [3.63, 3.8) is 0 Å². The van der Waals surface area contributed by atoms with Crippen LogP contribution in [0, 0.1) is 0 Å². The molecule has 0 bridgehead atoms. The molecule has 2 aromatic rings. The Kier molecular flexibility index (Phi) is 8.56. The highest BCUT2D eigenvalue weighted by molar-refractivity contribution is 5.79. The minimum atomic E-state index is 0.297. The maximum atomic E-state index is 6.15. The number of nitrogens with one attached hydrogen (secondary N) is 1. The van der Waals surface area contributed by atoms with Crippen LogP contribution in [-0.2, 0) is 22.4 Å². The third-order valence-electron chi connectivity index (χ3n) is 6.37. The molecule has 1 N–H and O–H groups in total. The second-order valence-electron chi connectivity index (χ2n) is 8.69. The Morgan fingerprint density at radius 1 is 1.19 bits per heavy atom. The van der Waals surface area contributed by atoms with E-state index in [1.807, 2.05) is 19.3 Å². The third kappa shape index (κ3) is 6.56. The topological polar surface area (TPSA) is 63.9 Å². The van der Waals surface area contributed by atoms with E-state index in [9.17, 15) is 0 Å². The van der Waals surface area contributed by atoms with Crippen LogP contribution < -0.4 is 5.32 Å². The van der Waals surface area contributed by atoms with Gasteiger partial charge in [-0.2, -0.15) is 0 Å². The van der Waals surface area contributed by atoms with Gasteiger partial charge in [-0.1, -0.05) is 30.3 Å². The Morgan fingerprint density at radius 2 is 2.03 bits per heavy atom. The minimum Gasteiger partial charge on any atom is -0.376 e. The number of guanidine groups is 1. The van der Waals surface area contributed by atoms with E-state index in [1.165, 1.54) is 18.4 Å². The predicted molar refractivity (Wildman–Crippen MR) is 127 cm³/mol. The van der Waals surface area contributed by atoms with E-state index in [2.05, 4.69) is 55.2 Å². The number of imidazole rings is 1. The number of aliphatic imine (C=N–C) groups is 1. The number of likely N-dealkylation sites (tertiary alicyclic amines) is 1. The van der Waals surface area contributed by atoms with Crippen molar-refractivity contribution in [3.05, 3.63) is 54.1 Å². The highest BCUT2D eigenvalue weighted by Crippen LogP contribution is 2.18. The Hall–Kier alpha value is -2.38. The maximum absolute atomic E-state index is 6.15. The van der Waals surface area contributed by atoms with Crippen molar-refractivity contribution in [2.75, 3.05) is 39.9 Å². The molecule has 0 saturated carbocycles. The lowest BCUT2D eigenvalue weighted by Gasteiger charge is -2.35. The monoisotopic (exact) mass is 439 g/mol. The van der Waals surface area contributed by atoms with Crippen molar-refractivity contribution >= 4 is 5.96 Å². The van der Waals surface area contributed by atoms with Crippen molar-refractivity contribution < 1.29 is 9.47 Å². The van der Waals surface area contributed by atoms with Gasteiger partial charge in [0, 0.05) is 58.6 Å². The molecule has 1 aromatic heterocycles. The fourth-order valence-corrected chi connectivity index (χ4v) is 4.53. The van der Waals surface area contributed by atoms with Gasteiger partial charge >= 0.3 is 0 Å². The summed E-state index contributed by atoms with van der Waals surface area (Å²) >= 11 is 0. The zero-order chi connectivity index (χ0) is 22.0. The molecular weight excluding hydrogens is 402 g/mol. The van der Waals surface area contributed by atoms with Crippen molar-refractivity contribution in [2.45, 2.75) is 57.3 Å². The first kappa shape index (κ1) is 22.8. The molecule has 0 aliphatic carbocycles. The molecule has 7 nitrogen and oxygen atoms in total. The lowest BCUT2D eigenvalue weighted by Crippen LogP contribution is -2.47. The molecule has 32 heavy (non-hydrogen) atoms. The van der Waals surface area contributed by atoms with Gasteiger partial charge in [0.2, 0.25) is 0 Å². The number of nitrogens with zero attached hydrogens (tertiary/aromatic N) is 4. The van der Waals surface area contributed by atoms with Gasteiger partial charge in [-0.3, -0.25) is 4.99 Å². The second-order valence-corrected chi connectivity index (χ2v) is 8.69. The van der Waals surface area contributed by atoms with E-state index >= 15 is 0 Å². The van der Waals surface area contributed by atoms with Gasteiger partial charge < -0.3 is 24.3 Å². The molecular formula is C25H37N5O2. The van der Waals surface area contributed by atoms with E-state index < -0.39 is 0 Å². The summed E-state index contributed by atoms with van der Waals surface area (Å²) in [6, 6.07) is 10.5. The Bertz CT molecular complexity index is 824. The largest absolute Gasteiger partial charge is 0.376 e. The van der Waals surface area contributed by atoms with Crippen LogP contribution in [-0.4, -0.2) is 72.5 Å². The van der Waals surface area contributed by atoms with Gasteiger partial charge in [0.1, 0.15) is 5.82 Å². The zero-order valence-electron chi connectivity index (χ0n) is 19.3. The summed E-state index contributed by atoms with van der Waals surface area (Å²) in [6.45, 7) is 5.24. The summed E-state index contributed by atoms with van der Waals surface area (Å²) in [5, 5.41) is 3.53. The fourth-order valence-electron chi connectivity index (χ4n) is 4.53. The van der Waals surface area contributed by atoms with Gasteiger partial charge in [-0.05, 0) is 37.7 Å². The predicted octanol–water partition coefficient (Wildman–Crippen LogP) is 3.10. The summed E-state index contributed by atoms with van der Waals surface area (Å²) in [5.41, 5.74) is 1.29. The molecule has 0 radical (unpaired) electrons. The van der Waals surface area contributed by atoms with Crippen molar-refractivity contribution in [2.24, 2.45) is 4.99 Å². The first-order valence-corrected chi connectivity index (χ1v) is 12.0. The van der Waals surface area contributed by atoms with Gasteiger partial charge in [-0.25, -0.2) is 4.98 Å². The van der Waals surface area contributed by atoms with Crippen LogP contribution in [0.25, 0.3) is 0 Å². The highest BCUT2D eigenvalue weighted by Gasteiger charge is 2.23. The summed E-state index contributed by atoms with van der Waals surface area (Å²) in [4.78, 5) is 11.4. The lowest BCUT2D eigenvalue weighted by molar-refractivity contribution is -0.0721. The summed E-state index contributed by atoms with van der Waals surface area (Å²) in [7, 11) is 1.86. The number of rotatable bonds is 8. The highest BCUT2D eigenvalue weighted by atomic mass is 16.5. The summed E-state index contributed by atoms with van der Waals surface area (Å²) in [6.07, 6.45) is 11.1. The molecule has 1 unspecified atom stereocenters. The smallest absolute Gasteiger partial charge is 0.193 e. The van der Waals surface area contributed by atoms with Crippen LogP contribution in [0.2, 0.25) is 0 Å². The normalized spacial score (nSPS) is 20.5. The molecule has 2 aliphatic rings. The van der Waals surface area contributed by atoms with Crippen LogP contribution in [0.5, 0.6) is 0 Å². The zero-order valence-corrected chi connectivity index (χ0v) is 19.3. The van der Waals surface area contributed by atoms with Crippen molar-refractivity contribution in [3.8, 4) is 0 Å². The summed E-state index contributed by atoms with van der Waals surface area (Å²) < 4.78 is 14.2. The van der Waals surface area contributed by atoms with Crippen molar-refractivity contribution in [1.29, 1.82) is 0 Å². The van der Waals surface area contributed by atoms with Gasteiger partial charge in [0.15, 0.2) is 5.96 Å². The Balaban J connectivity index is 1.18. The molecule has 1 atom stereocenters. The average Bonchev–Trinajstić information content (AvgIpc) is 3.29. The molecule has 2 aliphatic heterocycles. The van der Waals surface area contributed by atoms with Gasteiger partial charge in [-0.15, -0.1) is 0 Å². The molecule has 0 amide bonds. The Labute approximate surface area is 191 Å². The van der Waals surface area contributed by atoms with Crippen molar-refractivity contribution in [1.82, 2.24) is 19.8 Å². The van der Waals surface area contributed by atoms with E-state index in [4.69, 9.17) is 9.47 Å². The minimum absolute atomic E-state index is 0.297. The summed E-state index contributed by atoms with van der Waals surface area (Å²) in [5.74, 6) is 2.06. The number of hydrogen-bond donors (Lipinski definition) is 1. The molecule has 2 fully saturated rings. The van der Waals surface area contributed by atoms with Crippen LogP contribution >= 0.6 is 0 Å². The van der Waals surface area contributed by atoms with E-state index in [-0.39, 0.29) is 0 Å². The molecule has 4 rings (SSSR count). The molecule has 0 spiro atoms. The molecule has 2 saturated heterocycles. The standard InChI is InChI=1S/C25H37N5O2/c1-26-25(29-15-11-22(12-16-29)32-20-23-9-5-6-18-31-23)28-13-10-24-27-14-17-30(24)19-21-7-3-2-4-8-21/h2-4,7-8,14,17,22-23H,5-6,9-13,15-16,18-20H2,1H3,(H,26,28). The lowest BCUT2D eigenvalue weighted by atomic mass is 10.1. The first-order chi connectivity index (χ1) is 15.8. The molecule has 3 heterocycles. The molecule has 7 heteroatoms. The second kappa shape index (κ2) is 12.0. The van der Waals surface area contributed by atoms with Crippen LogP contribution in [0.4, 0.5) is 0 Å². The fraction of sp³-hybridized carbons (Fsp3) is 0.600. The first-order valence-electron chi connectivity index (χ1n) is 12.0. The Morgan fingerprint density at radius 3 is 2.78 bits per heavy atom. The average molecular weight is 440 g/mol. The van der Waals surface area contributed by atoms with Crippen LogP contribution in [0.3, 0.4) is 0 Å². The SMILES string of the molecule is CN=C(NCCc1nccn1Cc1ccccc1)N1CCC(OCC2CCCCO2)CC1. The number of ether oxygens (including phenoxy) is 2. The van der Waals surface area contributed by atoms with Crippen LogP contribution in [0.15, 0.2) is 47.7 Å². The van der Waals surface area contributed by atoms with E-state index in [0.717, 1.165) is 76.9 Å². The van der Waals surface area contributed by atoms with Gasteiger partial charge in [0.25, 0.3) is 0 Å². The van der Waals surface area contributed by atoms with E-state index in [1.54, 1.807) is 0 Å². The van der Waals surface area contributed by atoms with E-state index in [0.29, 0.717) is 12.2 Å². The number of benzene rings is 1. The quantitative estimate of drug-likeness (QED) is 0.506. The van der Waals surface area contributed by atoms with Gasteiger partial charge in [0.05, 0.1) is 18.8 Å². The number of hydrogen-bond acceptors (Lipinski definition) is 4. The number of aromatic nitrogens is 2. The van der Waals surface area contributed by atoms with Crippen LogP contribution in [0.1, 0.15) is 43.5 Å². The molecule has 1 aromatic carbocycles. The maximum Gasteiger partial charge on any atom is 0.193 e.